The van der Waals surface area contributed by atoms with E-state index in [0.717, 1.165) is 26.1 Å². The summed E-state index contributed by atoms with van der Waals surface area (Å²) in [7, 11) is 2.67. The lowest BCUT2D eigenvalue weighted by molar-refractivity contribution is -0.153. The van der Waals surface area contributed by atoms with E-state index in [1.54, 1.807) is 0 Å². The Hall–Kier alpha value is -3.90. The molecule has 1 atom stereocenters. The number of imidazole rings is 1. The number of rotatable bonds is 5. The zero-order chi connectivity index (χ0) is 23.0. The van der Waals surface area contributed by atoms with Gasteiger partial charge in [-0.05, 0) is 19.1 Å². The molecule has 1 unspecified atom stereocenters. The summed E-state index contributed by atoms with van der Waals surface area (Å²) < 4.78 is 48.0. The first kappa shape index (κ1) is 21.8. The molecule has 0 fully saturated rings. The van der Waals surface area contributed by atoms with E-state index in [0.29, 0.717) is 6.07 Å². The topological polar surface area (TPSA) is 117 Å². The van der Waals surface area contributed by atoms with Crippen LogP contribution in [0.15, 0.2) is 28.0 Å². The summed E-state index contributed by atoms with van der Waals surface area (Å²) in [6, 6.07) is 1.44. The van der Waals surface area contributed by atoms with Gasteiger partial charge in [0.15, 0.2) is 34.7 Å². The fourth-order valence-electron chi connectivity index (χ4n) is 2.80. The Morgan fingerprint density at radius 2 is 1.81 bits per heavy atom. The van der Waals surface area contributed by atoms with Gasteiger partial charge in [-0.1, -0.05) is 0 Å². The Kier molecular flexibility index (Phi) is 5.69. The molecular weight excluding hydrogens is 423 g/mol. The van der Waals surface area contributed by atoms with Crippen LogP contribution in [0.4, 0.5) is 18.9 Å². The minimum Gasteiger partial charge on any atom is -0.451 e. The Morgan fingerprint density at radius 3 is 2.48 bits per heavy atom. The number of hydrogen-bond acceptors (Lipinski definition) is 6. The Balaban J connectivity index is 1.74. The van der Waals surface area contributed by atoms with E-state index in [2.05, 4.69) is 4.98 Å². The number of nitrogens with zero attached hydrogens (tertiary/aromatic N) is 4. The number of fused-ring (bicyclic) bond motifs is 1. The van der Waals surface area contributed by atoms with E-state index >= 15 is 0 Å². The van der Waals surface area contributed by atoms with Crippen molar-refractivity contribution < 1.29 is 27.5 Å². The Bertz CT molecular complexity index is 1330. The molecule has 13 heteroatoms. The van der Waals surface area contributed by atoms with Gasteiger partial charge in [0.2, 0.25) is 0 Å². The molecule has 0 spiro atoms. The predicted octanol–water partition coefficient (Wildman–Crippen LogP) is 0.421. The zero-order valence-electron chi connectivity index (χ0n) is 16.5. The lowest BCUT2D eigenvalue weighted by Crippen LogP contribution is -2.38. The second kappa shape index (κ2) is 8.08. The molecule has 0 saturated carbocycles. The number of ether oxygens (including phenoxy) is 1. The van der Waals surface area contributed by atoms with Crippen LogP contribution in [0.3, 0.4) is 0 Å². The maximum absolute atomic E-state index is 13.7. The molecule has 1 amide bonds. The maximum Gasteiger partial charge on any atom is 0.332 e. The van der Waals surface area contributed by atoms with Crippen LogP contribution in [0.25, 0.3) is 11.2 Å². The van der Waals surface area contributed by atoms with Crippen LogP contribution in [-0.2, 0) is 35.0 Å². The highest BCUT2D eigenvalue weighted by atomic mass is 19.2. The molecule has 31 heavy (non-hydrogen) atoms. The van der Waals surface area contributed by atoms with Crippen molar-refractivity contribution in [3.63, 3.8) is 0 Å². The van der Waals surface area contributed by atoms with Gasteiger partial charge < -0.3 is 14.6 Å². The molecule has 0 radical (unpaired) electrons. The van der Waals surface area contributed by atoms with Crippen molar-refractivity contribution in [2.75, 3.05) is 5.32 Å². The first-order valence-electron chi connectivity index (χ1n) is 8.77. The largest absolute Gasteiger partial charge is 0.451 e. The van der Waals surface area contributed by atoms with Crippen molar-refractivity contribution in [2.45, 2.75) is 19.6 Å². The Labute approximate surface area is 171 Å². The van der Waals surface area contributed by atoms with Gasteiger partial charge in [0, 0.05) is 14.1 Å². The number of hydrogen-bond donors (Lipinski definition) is 1. The Morgan fingerprint density at radius 1 is 1.13 bits per heavy atom. The van der Waals surface area contributed by atoms with Crippen LogP contribution < -0.4 is 16.6 Å². The van der Waals surface area contributed by atoms with Gasteiger partial charge in [0.25, 0.3) is 11.5 Å². The number of halogens is 3. The second-order valence-electron chi connectivity index (χ2n) is 6.59. The standard InChI is InChI=1S/C18H16F3N5O5/c1-8(16(28)23-10-5-4-9(19)12(20)13(10)21)31-11(27)6-26-7-22-15-14(26)17(29)25(3)18(30)24(15)2/h4-5,7-8H,6H2,1-3H3,(H,23,28). The number of esters is 1. The summed E-state index contributed by atoms with van der Waals surface area (Å²) >= 11 is 0. The summed E-state index contributed by atoms with van der Waals surface area (Å²) in [5.74, 6) is -6.72. The number of benzene rings is 1. The van der Waals surface area contributed by atoms with E-state index in [1.165, 1.54) is 21.0 Å². The molecular formula is C18H16F3N5O5. The summed E-state index contributed by atoms with van der Waals surface area (Å²) in [4.78, 5) is 52.6. The highest BCUT2D eigenvalue weighted by Gasteiger charge is 2.22. The van der Waals surface area contributed by atoms with Crippen molar-refractivity contribution in [3.05, 3.63) is 56.7 Å². The summed E-state index contributed by atoms with van der Waals surface area (Å²) in [5.41, 5.74) is -1.87. The maximum atomic E-state index is 13.7. The van der Waals surface area contributed by atoms with Gasteiger partial charge >= 0.3 is 11.7 Å². The fraction of sp³-hybridized carbons (Fsp3) is 0.278. The molecule has 3 aromatic rings. The van der Waals surface area contributed by atoms with Gasteiger partial charge in [-0.3, -0.25) is 23.5 Å². The molecule has 2 heterocycles. The molecule has 1 N–H and O–H groups in total. The molecule has 0 aliphatic carbocycles. The van der Waals surface area contributed by atoms with E-state index in [4.69, 9.17) is 4.74 Å². The van der Waals surface area contributed by atoms with Gasteiger partial charge in [-0.15, -0.1) is 0 Å². The number of carbonyl (C=O) groups excluding carboxylic acids is 2. The van der Waals surface area contributed by atoms with E-state index in [9.17, 15) is 32.3 Å². The summed E-state index contributed by atoms with van der Waals surface area (Å²) in [6.45, 7) is 0.668. The molecule has 0 aliphatic rings. The number of carbonyl (C=O) groups is 2. The number of aromatic nitrogens is 4. The number of nitrogens with one attached hydrogen (secondary N) is 1. The quantitative estimate of drug-likeness (QED) is 0.455. The minimum atomic E-state index is -1.76. The molecule has 0 aliphatic heterocycles. The van der Waals surface area contributed by atoms with Gasteiger partial charge in [0.05, 0.1) is 12.0 Å². The molecule has 1 aromatic carbocycles. The van der Waals surface area contributed by atoms with Crippen LogP contribution in [0.2, 0.25) is 0 Å². The molecule has 2 aromatic heterocycles. The van der Waals surface area contributed by atoms with Crippen molar-refractivity contribution in [1.82, 2.24) is 18.7 Å². The van der Waals surface area contributed by atoms with E-state index in [-0.39, 0.29) is 11.2 Å². The summed E-state index contributed by atoms with van der Waals surface area (Å²) in [6.07, 6.45) is -0.268. The lowest BCUT2D eigenvalue weighted by atomic mass is 10.2. The molecule has 0 bridgehead atoms. The van der Waals surface area contributed by atoms with Gasteiger partial charge in [0.1, 0.15) is 6.54 Å². The smallest absolute Gasteiger partial charge is 0.332 e. The molecule has 10 nitrogen and oxygen atoms in total. The number of anilines is 1. The van der Waals surface area contributed by atoms with Gasteiger partial charge in [-0.2, -0.15) is 0 Å². The van der Waals surface area contributed by atoms with Crippen LogP contribution in [0.1, 0.15) is 6.92 Å². The fourth-order valence-corrected chi connectivity index (χ4v) is 2.80. The first-order chi connectivity index (χ1) is 14.5. The van der Waals surface area contributed by atoms with Crippen molar-refractivity contribution >= 4 is 28.7 Å². The van der Waals surface area contributed by atoms with Crippen molar-refractivity contribution in [3.8, 4) is 0 Å². The molecule has 0 saturated heterocycles. The average Bonchev–Trinajstić information content (AvgIpc) is 3.14. The minimum absolute atomic E-state index is 0.0255. The normalized spacial score (nSPS) is 12.1. The third kappa shape index (κ3) is 3.93. The van der Waals surface area contributed by atoms with Crippen molar-refractivity contribution in [1.29, 1.82) is 0 Å². The predicted molar refractivity (Wildman–Crippen MR) is 101 cm³/mol. The van der Waals surface area contributed by atoms with E-state index < -0.39 is 58.9 Å². The number of aryl methyl sites for hydroxylation is 1. The molecule has 164 valence electrons. The second-order valence-corrected chi connectivity index (χ2v) is 6.59. The SMILES string of the molecule is CC(OC(=O)Cn1cnc2c1c(=O)n(C)c(=O)n2C)C(=O)Nc1ccc(F)c(F)c1F. The third-order valence-electron chi connectivity index (χ3n) is 4.49. The highest BCUT2D eigenvalue weighted by molar-refractivity contribution is 5.95. The van der Waals surface area contributed by atoms with Gasteiger partial charge in [-0.25, -0.2) is 22.9 Å². The van der Waals surface area contributed by atoms with Crippen LogP contribution in [-0.4, -0.2) is 36.7 Å². The highest BCUT2D eigenvalue weighted by Crippen LogP contribution is 2.20. The third-order valence-corrected chi connectivity index (χ3v) is 4.49. The van der Waals surface area contributed by atoms with E-state index in [1.807, 2.05) is 5.32 Å². The zero-order valence-corrected chi connectivity index (χ0v) is 16.5. The number of amides is 1. The van der Waals surface area contributed by atoms with Crippen LogP contribution in [0, 0.1) is 17.5 Å². The lowest BCUT2D eigenvalue weighted by Gasteiger charge is -2.14. The first-order valence-corrected chi connectivity index (χ1v) is 8.77. The van der Waals surface area contributed by atoms with Crippen LogP contribution >= 0.6 is 0 Å². The molecule has 3 rings (SSSR count). The summed E-state index contributed by atoms with van der Waals surface area (Å²) in [5, 5.41) is 1.99. The monoisotopic (exact) mass is 439 g/mol. The average molecular weight is 439 g/mol. The van der Waals surface area contributed by atoms with Crippen LogP contribution in [0.5, 0.6) is 0 Å². The van der Waals surface area contributed by atoms with Crippen molar-refractivity contribution in [2.24, 2.45) is 14.1 Å².